The summed E-state index contributed by atoms with van der Waals surface area (Å²) in [4.78, 5) is 19.8. The number of aromatic nitrogens is 2. The summed E-state index contributed by atoms with van der Waals surface area (Å²) >= 11 is 0. The molecule has 1 aliphatic carbocycles. The number of benzene rings is 2. The van der Waals surface area contributed by atoms with Crippen LogP contribution in [0.4, 0.5) is 5.69 Å². The number of carbonyl (C=O) groups is 1. The molecule has 2 aromatic carbocycles. The van der Waals surface area contributed by atoms with Gasteiger partial charge in [-0.3, -0.25) is 0 Å². The van der Waals surface area contributed by atoms with Gasteiger partial charge in [0.25, 0.3) is 0 Å². The number of hydrogen-bond acceptors (Lipinski definition) is 4. The van der Waals surface area contributed by atoms with Gasteiger partial charge in [0.1, 0.15) is 12.1 Å². The standard InChI is InChI=1S/C28H35N3O2/c1-19-11-12-24-25(30(19)2)13-14-26-28(24)29-27(16-22(18-33)21-8-4-3-5-9-21)31(26)23-10-6-7-20(15-23)17-32/h3-5,8-9,13-14,18-20,22-23,32H,6-7,10-12,15-17H2,1-2H3. The largest absolute Gasteiger partial charge is 0.396 e. The highest BCUT2D eigenvalue weighted by molar-refractivity contribution is 5.86. The van der Waals surface area contributed by atoms with E-state index in [1.54, 1.807) is 0 Å². The van der Waals surface area contributed by atoms with E-state index >= 15 is 0 Å². The summed E-state index contributed by atoms with van der Waals surface area (Å²) in [5, 5.41) is 9.86. The number of rotatable bonds is 6. The van der Waals surface area contributed by atoms with Crippen molar-refractivity contribution >= 4 is 23.0 Å². The number of fused-ring (bicyclic) bond motifs is 3. The van der Waals surface area contributed by atoms with E-state index < -0.39 is 0 Å². The van der Waals surface area contributed by atoms with E-state index in [1.165, 1.54) is 16.8 Å². The van der Waals surface area contributed by atoms with Crippen LogP contribution in [-0.4, -0.2) is 40.6 Å². The Morgan fingerprint density at radius 1 is 1.15 bits per heavy atom. The molecule has 1 fully saturated rings. The second kappa shape index (κ2) is 9.30. The van der Waals surface area contributed by atoms with Crippen LogP contribution in [0.25, 0.3) is 11.0 Å². The normalized spacial score (nSPS) is 24.0. The zero-order valence-corrected chi connectivity index (χ0v) is 19.8. The molecule has 1 N–H and O–H groups in total. The minimum absolute atomic E-state index is 0.211. The van der Waals surface area contributed by atoms with E-state index in [0.717, 1.165) is 61.7 Å². The Bertz CT molecular complexity index is 1120. The predicted molar refractivity (Wildman–Crippen MR) is 133 cm³/mol. The first-order valence-corrected chi connectivity index (χ1v) is 12.5. The molecule has 5 nitrogen and oxygen atoms in total. The predicted octanol–water partition coefficient (Wildman–Crippen LogP) is 5.06. The van der Waals surface area contributed by atoms with Crippen LogP contribution in [0.5, 0.6) is 0 Å². The molecule has 0 saturated heterocycles. The van der Waals surface area contributed by atoms with Crippen LogP contribution in [-0.2, 0) is 17.6 Å². The number of aryl methyl sites for hydroxylation is 1. The molecule has 1 aromatic heterocycles. The first kappa shape index (κ1) is 22.1. The maximum absolute atomic E-state index is 12.1. The monoisotopic (exact) mass is 445 g/mol. The lowest BCUT2D eigenvalue weighted by atomic mass is 9.85. The van der Waals surface area contributed by atoms with Gasteiger partial charge in [-0.2, -0.15) is 0 Å². The Hall–Kier alpha value is -2.66. The second-order valence-corrected chi connectivity index (χ2v) is 10.1. The highest BCUT2D eigenvalue weighted by Crippen LogP contribution is 2.40. The third-order valence-corrected chi connectivity index (χ3v) is 8.04. The summed E-state index contributed by atoms with van der Waals surface area (Å²) < 4.78 is 2.43. The first-order valence-electron chi connectivity index (χ1n) is 12.5. The van der Waals surface area contributed by atoms with Crippen LogP contribution in [0.15, 0.2) is 42.5 Å². The maximum atomic E-state index is 12.1. The van der Waals surface area contributed by atoms with Gasteiger partial charge < -0.3 is 19.4 Å². The van der Waals surface area contributed by atoms with Gasteiger partial charge in [0.15, 0.2) is 0 Å². The molecule has 0 radical (unpaired) electrons. The molecule has 1 aliphatic heterocycles. The van der Waals surface area contributed by atoms with Crippen molar-refractivity contribution in [3.05, 3.63) is 59.4 Å². The molecule has 5 heteroatoms. The third-order valence-electron chi connectivity index (χ3n) is 8.04. The first-order chi connectivity index (χ1) is 16.1. The zero-order chi connectivity index (χ0) is 22.9. The minimum Gasteiger partial charge on any atom is -0.396 e. The Balaban J connectivity index is 1.62. The minimum atomic E-state index is -0.211. The van der Waals surface area contributed by atoms with Crippen LogP contribution >= 0.6 is 0 Å². The fourth-order valence-corrected chi connectivity index (χ4v) is 5.97. The molecule has 0 spiro atoms. The van der Waals surface area contributed by atoms with Crippen molar-refractivity contribution in [1.82, 2.24) is 9.55 Å². The molecule has 0 bridgehead atoms. The van der Waals surface area contributed by atoms with Crippen molar-refractivity contribution in [2.45, 2.75) is 69.9 Å². The highest BCUT2D eigenvalue weighted by Gasteiger charge is 2.30. The maximum Gasteiger partial charge on any atom is 0.127 e. The molecule has 1 saturated carbocycles. The van der Waals surface area contributed by atoms with E-state index in [2.05, 4.69) is 35.6 Å². The van der Waals surface area contributed by atoms with Crippen LogP contribution in [0, 0.1) is 5.92 Å². The summed E-state index contributed by atoms with van der Waals surface area (Å²) in [5.74, 6) is 1.14. The van der Waals surface area contributed by atoms with Gasteiger partial charge in [-0.25, -0.2) is 4.98 Å². The van der Waals surface area contributed by atoms with Gasteiger partial charge in [0, 0.05) is 49.3 Å². The number of hydrogen-bond donors (Lipinski definition) is 1. The lowest BCUT2D eigenvalue weighted by Gasteiger charge is -2.34. The van der Waals surface area contributed by atoms with E-state index in [-0.39, 0.29) is 12.5 Å². The van der Waals surface area contributed by atoms with Crippen molar-refractivity contribution in [2.75, 3.05) is 18.6 Å². The van der Waals surface area contributed by atoms with Crippen molar-refractivity contribution in [3.8, 4) is 0 Å². The van der Waals surface area contributed by atoms with Crippen LogP contribution in [0.1, 0.15) is 67.9 Å². The van der Waals surface area contributed by atoms with Crippen LogP contribution in [0.3, 0.4) is 0 Å². The van der Waals surface area contributed by atoms with Gasteiger partial charge in [-0.15, -0.1) is 0 Å². The summed E-state index contributed by atoms with van der Waals surface area (Å²) in [6.45, 7) is 2.53. The number of imidazole rings is 1. The lowest BCUT2D eigenvalue weighted by molar-refractivity contribution is -0.109. The smallest absolute Gasteiger partial charge is 0.127 e. The lowest BCUT2D eigenvalue weighted by Crippen LogP contribution is -2.33. The van der Waals surface area contributed by atoms with Crippen molar-refractivity contribution in [2.24, 2.45) is 5.92 Å². The van der Waals surface area contributed by atoms with Gasteiger partial charge in [-0.05, 0) is 62.6 Å². The average molecular weight is 446 g/mol. The van der Waals surface area contributed by atoms with Gasteiger partial charge >= 0.3 is 0 Å². The molecule has 2 aliphatic rings. The molecule has 174 valence electrons. The quantitative estimate of drug-likeness (QED) is 0.539. The molecule has 0 amide bonds. The fourth-order valence-electron chi connectivity index (χ4n) is 5.97. The molecular formula is C28H35N3O2. The van der Waals surface area contributed by atoms with Gasteiger partial charge in [0.05, 0.1) is 11.0 Å². The summed E-state index contributed by atoms with van der Waals surface area (Å²) in [7, 11) is 2.18. The Labute approximate surface area is 196 Å². The van der Waals surface area contributed by atoms with E-state index in [0.29, 0.717) is 24.4 Å². The van der Waals surface area contributed by atoms with E-state index in [1.807, 2.05) is 30.3 Å². The number of anilines is 1. The van der Waals surface area contributed by atoms with Gasteiger partial charge in [-0.1, -0.05) is 36.8 Å². The van der Waals surface area contributed by atoms with Crippen LogP contribution < -0.4 is 4.90 Å². The SMILES string of the molecule is CC1CCc2c(ccc3c2nc(CC(C=O)c2ccccc2)n3C2CCCC(CO)C2)N1C. The Kier molecular flexibility index (Phi) is 6.24. The molecule has 3 aromatic rings. The number of aldehydes is 1. The zero-order valence-electron chi connectivity index (χ0n) is 19.8. The molecule has 33 heavy (non-hydrogen) atoms. The molecule has 5 rings (SSSR count). The van der Waals surface area contributed by atoms with Crippen molar-refractivity contribution in [3.63, 3.8) is 0 Å². The van der Waals surface area contributed by atoms with Crippen molar-refractivity contribution < 1.29 is 9.90 Å². The molecule has 4 atom stereocenters. The fraction of sp³-hybridized carbons (Fsp3) is 0.500. The average Bonchev–Trinajstić information content (AvgIpc) is 3.23. The highest BCUT2D eigenvalue weighted by atomic mass is 16.3. The number of aliphatic hydroxyl groups is 1. The molecular weight excluding hydrogens is 410 g/mol. The van der Waals surface area contributed by atoms with Crippen LogP contribution in [0.2, 0.25) is 0 Å². The summed E-state index contributed by atoms with van der Waals surface area (Å²) in [6.07, 6.45) is 8.12. The topological polar surface area (TPSA) is 58.4 Å². The molecule has 2 heterocycles. The Morgan fingerprint density at radius 2 is 1.97 bits per heavy atom. The number of nitrogens with zero attached hydrogens (tertiary/aromatic N) is 3. The Morgan fingerprint density at radius 3 is 2.73 bits per heavy atom. The summed E-state index contributed by atoms with van der Waals surface area (Å²) in [6, 6.07) is 15.4. The number of aliphatic hydroxyl groups excluding tert-OH is 1. The van der Waals surface area contributed by atoms with Crippen molar-refractivity contribution in [1.29, 1.82) is 0 Å². The summed E-state index contributed by atoms with van der Waals surface area (Å²) in [5.41, 5.74) is 5.95. The third kappa shape index (κ3) is 4.08. The second-order valence-electron chi connectivity index (χ2n) is 10.1. The molecule has 4 unspecified atom stereocenters. The number of carbonyl (C=O) groups excluding carboxylic acids is 1. The van der Waals surface area contributed by atoms with Gasteiger partial charge in [0.2, 0.25) is 0 Å². The van der Waals surface area contributed by atoms with E-state index in [4.69, 9.17) is 4.98 Å². The van der Waals surface area contributed by atoms with E-state index in [9.17, 15) is 9.90 Å².